The summed E-state index contributed by atoms with van der Waals surface area (Å²) in [5, 5.41) is 5.50. The third-order valence-corrected chi connectivity index (χ3v) is 8.03. The van der Waals surface area contributed by atoms with Crippen molar-refractivity contribution >= 4 is 16.8 Å². The second kappa shape index (κ2) is 10.5. The van der Waals surface area contributed by atoms with Crippen molar-refractivity contribution in [3.05, 3.63) is 48.2 Å². The van der Waals surface area contributed by atoms with Crippen LogP contribution in [0.15, 0.2) is 47.1 Å². The van der Waals surface area contributed by atoms with E-state index < -0.39 is 0 Å². The maximum atomic E-state index is 6.13. The van der Waals surface area contributed by atoms with Gasteiger partial charge in [0, 0.05) is 56.9 Å². The molecule has 2 aromatic heterocycles. The molecule has 0 aliphatic carbocycles. The maximum Gasteiger partial charge on any atom is 0.213 e. The monoisotopic (exact) mass is 475 g/mol. The number of aromatic nitrogens is 2. The first-order valence-corrected chi connectivity index (χ1v) is 13.5. The molecular formula is C28H37N5O2. The summed E-state index contributed by atoms with van der Waals surface area (Å²) in [7, 11) is 0. The first-order chi connectivity index (χ1) is 17.3. The van der Waals surface area contributed by atoms with Crippen LogP contribution in [0.5, 0.6) is 5.88 Å². The van der Waals surface area contributed by atoms with Crippen LogP contribution in [0.2, 0.25) is 0 Å². The number of hydrogen-bond acceptors (Lipinski definition) is 7. The van der Waals surface area contributed by atoms with E-state index in [4.69, 9.17) is 9.26 Å². The Morgan fingerprint density at radius 3 is 2.66 bits per heavy atom. The lowest BCUT2D eigenvalue weighted by Gasteiger charge is -2.46. The Morgan fingerprint density at radius 2 is 1.80 bits per heavy atom. The molecule has 0 radical (unpaired) electrons. The predicted octanol–water partition coefficient (Wildman–Crippen LogP) is 4.58. The van der Waals surface area contributed by atoms with Crippen LogP contribution in [0.25, 0.3) is 11.0 Å². The van der Waals surface area contributed by atoms with Gasteiger partial charge in [0.25, 0.3) is 0 Å². The van der Waals surface area contributed by atoms with Crippen LogP contribution in [0.4, 0.5) is 5.82 Å². The average Bonchev–Trinajstić information content (AvgIpc) is 3.17. The van der Waals surface area contributed by atoms with E-state index in [1.54, 1.807) is 0 Å². The second-order valence-electron chi connectivity index (χ2n) is 10.5. The molecule has 0 bridgehead atoms. The van der Waals surface area contributed by atoms with Crippen molar-refractivity contribution in [2.24, 2.45) is 5.92 Å². The van der Waals surface area contributed by atoms with E-state index in [0.29, 0.717) is 12.0 Å². The van der Waals surface area contributed by atoms with Gasteiger partial charge in [0.05, 0.1) is 12.0 Å². The van der Waals surface area contributed by atoms with Crippen molar-refractivity contribution in [3.8, 4) is 5.88 Å². The van der Waals surface area contributed by atoms with Crippen LogP contribution in [0.3, 0.4) is 0 Å². The van der Waals surface area contributed by atoms with Gasteiger partial charge < -0.3 is 14.2 Å². The average molecular weight is 476 g/mol. The van der Waals surface area contributed by atoms with Gasteiger partial charge in [-0.15, -0.1) is 0 Å². The van der Waals surface area contributed by atoms with E-state index in [1.807, 2.05) is 18.3 Å². The Kier molecular flexibility index (Phi) is 6.87. The number of anilines is 1. The minimum absolute atomic E-state index is 0.559. The lowest BCUT2D eigenvalue weighted by molar-refractivity contribution is 0.0716. The van der Waals surface area contributed by atoms with Crippen LogP contribution in [0, 0.1) is 5.92 Å². The molecule has 186 valence electrons. The largest absolute Gasteiger partial charge is 0.477 e. The molecule has 6 rings (SSSR count). The molecule has 0 spiro atoms. The van der Waals surface area contributed by atoms with Crippen molar-refractivity contribution in [2.45, 2.75) is 51.1 Å². The predicted molar refractivity (Wildman–Crippen MR) is 138 cm³/mol. The number of pyridine rings is 1. The summed E-state index contributed by atoms with van der Waals surface area (Å²) >= 11 is 0. The normalized spacial score (nSPS) is 24.3. The smallest absolute Gasteiger partial charge is 0.213 e. The van der Waals surface area contributed by atoms with Gasteiger partial charge in [-0.3, -0.25) is 9.80 Å². The van der Waals surface area contributed by atoms with Gasteiger partial charge in [0.1, 0.15) is 0 Å². The lowest BCUT2D eigenvalue weighted by atomic mass is 9.91. The third kappa shape index (κ3) is 5.31. The molecule has 3 aliphatic rings. The summed E-state index contributed by atoms with van der Waals surface area (Å²) < 4.78 is 11.7. The SMILES string of the molecule is c1ccc2c(N3CCN4C[C@H](COc5ccc(CN6CCCCCC6)cn5)CC[C@@H]4C3)noc2c1. The fourth-order valence-electron chi connectivity index (χ4n) is 6.03. The first kappa shape index (κ1) is 22.8. The standard InChI is InChI=1S/C28H37N5O2/c1-2-6-14-31(13-5-1)18-22-10-12-27(29-17-22)34-21-23-9-11-24-20-33(16-15-32(24)19-23)28-25-7-3-4-8-26(25)35-30-28/h3-4,7-8,10,12,17,23-24H,1-2,5-6,9,11,13-16,18-21H2/t23-,24-/m1/s1. The summed E-state index contributed by atoms with van der Waals surface area (Å²) in [6.45, 7) is 8.35. The molecule has 0 saturated carbocycles. The van der Waals surface area contributed by atoms with Gasteiger partial charge in [0.15, 0.2) is 11.4 Å². The molecule has 0 amide bonds. The van der Waals surface area contributed by atoms with Gasteiger partial charge in [-0.25, -0.2) is 4.98 Å². The molecule has 0 unspecified atom stereocenters. The highest BCUT2D eigenvalue weighted by Crippen LogP contribution is 2.31. The minimum Gasteiger partial charge on any atom is -0.477 e. The van der Waals surface area contributed by atoms with E-state index in [2.05, 4.69) is 49.1 Å². The van der Waals surface area contributed by atoms with Crippen LogP contribution < -0.4 is 9.64 Å². The maximum absolute atomic E-state index is 6.13. The van der Waals surface area contributed by atoms with Crippen LogP contribution in [-0.4, -0.2) is 71.9 Å². The van der Waals surface area contributed by atoms with Crippen LogP contribution in [0.1, 0.15) is 44.1 Å². The number of ether oxygens (including phenoxy) is 1. The highest BCUT2D eigenvalue weighted by atomic mass is 16.5. The Hall–Kier alpha value is -2.64. The molecule has 35 heavy (non-hydrogen) atoms. The quantitative estimate of drug-likeness (QED) is 0.517. The van der Waals surface area contributed by atoms with Crippen molar-refractivity contribution in [3.63, 3.8) is 0 Å². The lowest BCUT2D eigenvalue weighted by Crippen LogP contribution is -2.57. The fraction of sp³-hybridized carbons (Fsp3) is 0.571. The molecule has 3 fully saturated rings. The first-order valence-electron chi connectivity index (χ1n) is 13.5. The van der Waals surface area contributed by atoms with E-state index in [1.165, 1.54) is 57.2 Å². The van der Waals surface area contributed by atoms with Gasteiger partial charge in [0.2, 0.25) is 5.88 Å². The molecule has 7 heteroatoms. The second-order valence-corrected chi connectivity index (χ2v) is 10.5. The number of para-hydroxylation sites is 1. The molecule has 0 N–H and O–H groups in total. The van der Waals surface area contributed by atoms with Gasteiger partial charge in [-0.05, 0) is 56.5 Å². The van der Waals surface area contributed by atoms with Crippen molar-refractivity contribution in [1.82, 2.24) is 19.9 Å². The zero-order chi connectivity index (χ0) is 23.5. The molecular weight excluding hydrogens is 438 g/mol. The zero-order valence-corrected chi connectivity index (χ0v) is 20.6. The van der Waals surface area contributed by atoms with Crippen molar-refractivity contribution < 1.29 is 9.26 Å². The van der Waals surface area contributed by atoms with E-state index >= 15 is 0 Å². The number of piperidine rings is 1. The number of rotatable bonds is 6. The minimum atomic E-state index is 0.559. The Balaban J connectivity index is 0.980. The Morgan fingerprint density at radius 1 is 0.914 bits per heavy atom. The molecule has 3 aromatic rings. The molecule has 1 aromatic carbocycles. The molecule has 3 saturated heterocycles. The number of benzene rings is 1. The number of likely N-dealkylation sites (tertiary alicyclic amines) is 1. The summed E-state index contributed by atoms with van der Waals surface area (Å²) in [6, 6.07) is 13.0. The number of fused-ring (bicyclic) bond motifs is 2. The van der Waals surface area contributed by atoms with Crippen molar-refractivity contribution in [1.29, 1.82) is 0 Å². The van der Waals surface area contributed by atoms with E-state index in [-0.39, 0.29) is 0 Å². The number of hydrogen-bond donors (Lipinski definition) is 0. The summed E-state index contributed by atoms with van der Waals surface area (Å²) in [4.78, 5) is 12.2. The molecule has 5 heterocycles. The van der Waals surface area contributed by atoms with Crippen LogP contribution in [-0.2, 0) is 6.54 Å². The molecule has 2 atom stereocenters. The molecule has 7 nitrogen and oxygen atoms in total. The summed E-state index contributed by atoms with van der Waals surface area (Å²) in [5.41, 5.74) is 2.16. The Labute approximate surface area is 208 Å². The third-order valence-electron chi connectivity index (χ3n) is 8.03. The molecule has 3 aliphatic heterocycles. The Bertz CT molecular complexity index is 1090. The fourth-order valence-corrected chi connectivity index (χ4v) is 6.03. The van der Waals surface area contributed by atoms with Gasteiger partial charge in [-0.2, -0.15) is 0 Å². The highest BCUT2D eigenvalue weighted by molar-refractivity contribution is 5.88. The van der Waals surface area contributed by atoms with Gasteiger partial charge in [-0.1, -0.05) is 36.2 Å². The highest BCUT2D eigenvalue weighted by Gasteiger charge is 2.34. The topological polar surface area (TPSA) is 57.9 Å². The zero-order valence-electron chi connectivity index (χ0n) is 20.6. The number of piperazine rings is 1. The summed E-state index contributed by atoms with van der Waals surface area (Å²) in [6.07, 6.45) is 9.79. The van der Waals surface area contributed by atoms with Gasteiger partial charge >= 0.3 is 0 Å². The number of nitrogens with zero attached hydrogens (tertiary/aromatic N) is 5. The van der Waals surface area contributed by atoms with Crippen molar-refractivity contribution in [2.75, 3.05) is 50.8 Å². The van der Waals surface area contributed by atoms with E-state index in [9.17, 15) is 0 Å². The summed E-state index contributed by atoms with van der Waals surface area (Å²) in [5.74, 6) is 2.31. The van der Waals surface area contributed by atoms with E-state index in [0.717, 1.165) is 62.0 Å². The van der Waals surface area contributed by atoms with Crippen LogP contribution >= 0.6 is 0 Å².